The first-order chi connectivity index (χ1) is 9.71. The van der Waals surface area contributed by atoms with Crippen molar-refractivity contribution in [3.8, 4) is 5.75 Å². The standard InChI is InChI=1S/C16H26N2O3/c1-5-21-14-7-11(6-12(17)8-14)15(20)18-10-13(19)9-16(2,3)4/h6-8,13,19H,5,9-10,17H2,1-4H3,(H,18,20). The summed E-state index contributed by atoms with van der Waals surface area (Å²) in [5.41, 5.74) is 6.68. The van der Waals surface area contributed by atoms with Gasteiger partial charge in [0.2, 0.25) is 0 Å². The number of aliphatic hydroxyl groups excluding tert-OH is 1. The Bertz CT molecular complexity index is 481. The van der Waals surface area contributed by atoms with E-state index < -0.39 is 6.10 Å². The highest BCUT2D eigenvalue weighted by Crippen LogP contribution is 2.21. The fourth-order valence-corrected chi connectivity index (χ4v) is 2.09. The van der Waals surface area contributed by atoms with Gasteiger partial charge in [0.1, 0.15) is 5.75 Å². The maximum absolute atomic E-state index is 12.1. The molecule has 1 aromatic rings. The first kappa shape index (κ1) is 17.3. The number of nitrogens with two attached hydrogens (primary N) is 1. The van der Waals surface area contributed by atoms with Crippen LogP contribution in [0.15, 0.2) is 18.2 Å². The molecule has 1 rings (SSSR count). The number of nitrogens with one attached hydrogen (secondary N) is 1. The largest absolute Gasteiger partial charge is 0.494 e. The molecule has 0 fully saturated rings. The molecule has 1 amide bonds. The van der Waals surface area contributed by atoms with Gasteiger partial charge in [0.25, 0.3) is 5.91 Å². The molecule has 1 unspecified atom stereocenters. The molecule has 0 spiro atoms. The molecule has 0 aromatic heterocycles. The third-order valence-electron chi connectivity index (χ3n) is 2.85. The van der Waals surface area contributed by atoms with Crippen LogP contribution in [-0.2, 0) is 0 Å². The number of anilines is 1. The van der Waals surface area contributed by atoms with Crippen LogP contribution in [0.5, 0.6) is 5.75 Å². The maximum Gasteiger partial charge on any atom is 0.251 e. The van der Waals surface area contributed by atoms with Crippen LogP contribution in [0.3, 0.4) is 0 Å². The van der Waals surface area contributed by atoms with E-state index in [1.54, 1.807) is 18.2 Å². The lowest BCUT2D eigenvalue weighted by Crippen LogP contribution is -2.34. The Balaban J connectivity index is 2.63. The zero-order valence-corrected chi connectivity index (χ0v) is 13.3. The van der Waals surface area contributed by atoms with Crippen molar-refractivity contribution in [2.75, 3.05) is 18.9 Å². The molecular weight excluding hydrogens is 268 g/mol. The molecule has 0 aliphatic rings. The number of ether oxygens (including phenoxy) is 1. The second-order valence-corrected chi connectivity index (χ2v) is 6.35. The smallest absolute Gasteiger partial charge is 0.251 e. The van der Waals surface area contributed by atoms with E-state index >= 15 is 0 Å². The number of aliphatic hydroxyl groups is 1. The highest BCUT2D eigenvalue weighted by molar-refractivity contribution is 5.95. The SMILES string of the molecule is CCOc1cc(N)cc(C(=O)NCC(O)CC(C)(C)C)c1. The quantitative estimate of drug-likeness (QED) is 0.702. The van der Waals surface area contributed by atoms with E-state index in [9.17, 15) is 9.90 Å². The highest BCUT2D eigenvalue weighted by Gasteiger charge is 2.17. The number of benzene rings is 1. The van der Waals surface area contributed by atoms with E-state index in [0.29, 0.717) is 30.0 Å². The Kier molecular flexibility index (Phi) is 6.03. The fraction of sp³-hybridized carbons (Fsp3) is 0.562. The summed E-state index contributed by atoms with van der Waals surface area (Å²) in [7, 11) is 0. The Morgan fingerprint density at radius 2 is 2.05 bits per heavy atom. The normalized spacial score (nSPS) is 12.8. The lowest BCUT2D eigenvalue weighted by molar-refractivity contribution is 0.0868. The third-order valence-corrected chi connectivity index (χ3v) is 2.85. The van der Waals surface area contributed by atoms with Gasteiger partial charge in [-0.25, -0.2) is 0 Å². The summed E-state index contributed by atoms with van der Waals surface area (Å²) in [5, 5.41) is 12.6. The van der Waals surface area contributed by atoms with Crippen LogP contribution in [0.25, 0.3) is 0 Å². The zero-order chi connectivity index (χ0) is 16.0. The van der Waals surface area contributed by atoms with Crippen molar-refractivity contribution in [2.24, 2.45) is 5.41 Å². The van der Waals surface area contributed by atoms with Crippen LogP contribution in [0.1, 0.15) is 44.5 Å². The second kappa shape index (κ2) is 7.31. The van der Waals surface area contributed by atoms with Gasteiger partial charge in [-0.3, -0.25) is 4.79 Å². The van der Waals surface area contributed by atoms with Crippen LogP contribution in [-0.4, -0.2) is 30.3 Å². The molecule has 1 atom stereocenters. The minimum Gasteiger partial charge on any atom is -0.494 e. The monoisotopic (exact) mass is 294 g/mol. The van der Waals surface area contributed by atoms with Crippen molar-refractivity contribution in [3.63, 3.8) is 0 Å². The van der Waals surface area contributed by atoms with Gasteiger partial charge in [0, 0.05) is 23.9 Å². The number of rotatable bonds is 6. The van der Waals surface area contributed by atoms with Crippen LogP contribution in [0, 0.1) is 5.41 Å². The van der Waals surface area contributed by atoms with Gasteiger partial charge < -0.3 is 20.9 Å². The summed E-state index contributed by atoms with van der Waals surface area (Å²) in [4.78, 5) is 12.1. The molecule has 0 saturated heterocycles. The first-order valence-corrected chi connectivity index (χ1v) is 7.21. The average molecular weight is 294 g/mol. The van der Waals surface area contributed by atoms with Gasteiger partial charge in [-0.15, -0.1) is 0 Å². The topological polar surface area (TPSA) is 84.6 Å². The molecule has 0 aliphatic carbocycles. The predicted molar refractivity (Wildman–Crippen MR) is 84.4 cm³/mol. The predicted octanol–water partition coefficient (Wildman–Crippen LogP) is 2.19. The lowest BCUT2D eigenvalue weighted by atomic mass is 9.89. The molecule has 0 saturated carbocycles. The van der Waals surface area contributed by atoms with Crippen molar-refractivity contribution in [1.82, 2.24) is 5.32 Å². The lowest BCUT2D eigenvalue weighted by Gasteiger charge is -2.22. The average Bonchev–Trinajstić information content (AvgIpc) is 2.33. The van der Waals surface area contributed by atoms with Gasteiger partial charge in [0.05, 0.1) is 12.7 Å². The summed E-state index contributed by atoms with van der Waals surface area (Å²) >= 11 is 0. The van der Waals surface area contributed by atoms with Crippen LogP contribution in [0.2, 0.25) is 0 Å². The first-order valence-electron chi connectivity index (χ1n) is 7.21. The summed E-state index contributed by atoms with van der Waals surface area (Å²) in [6, 6.07) is 4.91. The van der Waals surface area contributed by atoms with E-state index in [4.69, 9.17) is 10.5 Å². The van der Waals surface area contributed by atoms with Crippen LogP contribution >= 0.6 is 0 Å². The van der Waals surface area contributed by atoms with E-state index in [1.807, 2.05) is 27.7 Å². The van der Waals surface area contributed by atoms with Crippen molar-refractivity contribution in [3.05, 3.63) is 23.8 Å². The summed E-state index contributed by atoms with van der Waals surface area (Å²) in [6.45, 7) is 8.73. The third kappa shape index (κ3) is 6.49. The molecule has 5 nitrogen and oxygen atoms in total. The summed E-state index contributed by atoms with van der Waals surface area (Å²) < 4.78 is 5.36. The second-order valence-electron chi connectivity index (χ2n) is 6.35. The molecule has 118 valence electrons. The molecular formula is C16H26N2O3. The van der Waals surface area contributed by atoms with Crippen molar-refractivity contribution < 1.29 is 14.6 Å². The number of hydrogen-bond donors (Lipinski definition) is 3. The molecule has 21 heavy (non-hydrogen) atoms. The van der Waals surface area contributed by atoms with Gasteiger partial charge in [-0.1, -0.05) is 20.8 Å². The zero-order valence-electron chi connectivity index (χ0n) is 13.3. The molecule has 4 N–H and O–H groups in total. The molecule has 0 bridgehead atoms. The molecule has 1 aromatic carbocycles. The maximum atomic E-state index is 12.1. The van der Waals surface area contributed by atoms with E-state index in [2.05, 4.69) is 5.32 Å². The minimum atomic E-state index is -0.568. The Morgan fingerprint density at radius 3 is 2.62 bits per heavy atom. The van der Waals surface area contributed by atoms with Gasteiger partial charge in [0.15, 0.2) is 0 Å². The van der Waals surface area contributed by atoms with Gasteiger partial charge in [-0.05, 0) is 30.9 Å². The summed E-state index contributed by atoms with van der Waals surface area (Å²) in [5.74, 6) is 0.300. The van der Waals surface area contributed by atoms with E-state index in [0.717, 1.165) is 0 Å². The van der Waals surface area contributed by atoms with Crippen molar-refractivity contribution in [1.29, 1.82) is 0 Å². The Labute approximate surface area is 126 Å². The Morgan fingerprint density at radius 1 is 1.38 bits per heavy atom. The Hall–Kier alpha value is -1.75. The van der Waals surface area contributed by atoms with Crippen molar-refractivity contribution in [2.45, 2.75) is 40.2 Å². The van der Waals surface area contributed by atoms with E-state index in [1.165, 1.54) is 0 Å². The number of carbonyl (C=O) groups excluding carboxylic acids is 1. The fourth-order valence-electron chi connectivity index (χ4n) is 2.09. The van der Waals surface area contributed by atoms with E-state index in [-0.39, 0.29) is 17.9 Å². The minimum absolute atomic E-state index is 0.0173. The molecule has 5 heteroatoms. The van der Waals surface area contributed by atoms with Crippen molar-refractivity contribution >= 4 is 11.6 Å². The molecule has 0 heterocycles. The molecule has 0 aliphatic heterocycles. The summed E-state index contributed by atoms with van der Waals surface area (Å²) in [6.07, 6.45) is 0.0513. The number of hydrogen-bond acceptors (Lipinski definition) is 4. The number of carbonyl (C=O) groups is 1. The molecule has 0 radical (unpaired) electrons. The highest BCUT2D eigenvalue weighted by atomic mass is 16.5. The van der Waals surface area contributed by atoms with Crippen LogP contribution < -0.4 is 15.8 Å². The van der Waals surface area contributed by atoms with Gasteiger partial charge >= 0.3 is 0 Å². The van der Waals surface area contributed by atoms with Crippen LogP contribution in [0.4, 0.5) is 5.69 Å². The number of amides is 1. The number of nitrogen functional groups attached to an aromatic ring is 1. The van der Waals surface area contributed by atoms with Gasteiger partial charge in [-0.2, -0.15) is 0 Å².